The normalized spacial score (nSPS) is 21.5. The molecule has 1 heterocycles. The van der Waals surface area contributed by atoms with E-state index in [0.29, 0.717) is 18.5 Å². The van der Waals surface area contributed by atoms with Crippen molar-refractivity contribution in [1.82, 2.24) is 9.80 Å². The molecule has 0 radical (unpaired) electrons. The molecule has 1 rings (SSSR count). The number of carbonyl (C=O) groups is 1. The zero-order chi connectivity index (χ0) is 12.0. The Labute approximate surface area is 104 Å². The molecule has 1 amide bonds. The predicted octanol–water partition coefficient (Wildman–Crippen LogP) is 1.68. The first-order valence-electron chi connectivity index (χ1n) is 6.12. The SMILES string of the molecule is CSCCN(C)CC(=O)N1CCCC[C@H]1C. The Bertz CT molecular complexity index is 223. The van der Waals surface area contributed by atoms with Gasteiger partial charge in [0.25, 0.3) is 0 Å². The van der Waals surface area contributed by atoms with Gasteiger partial charge in [0.1, 0.15) is 0 Å². The van der Waals surface area contributed by atoms with Gasteiger partial charge < -0.3 is 4.90 Å². The lowest BCUT2D eigenvalue weighted by Gasteiger charge is -2.34. The Morgan fingerprint density at radius 1 is 1.50 bits per heavy atom. The number of piperidine rings is 1. The molecule has 0 aromatic heterocycles. The molecular weight excluding hydrogens is 220 g/mol. The van der Waals surface area contributed by atoms with Gasteiger partial charge in [-0.2, -0.15) is 11.8 Å². The molecule has 3 nitrogen and oxygen atoms in total. The van der Waals surface area contributed by atoms with E-state index in [4.69, 9.17) is 0 Å². The van der Waals surface area contributed by atoms with Crippen LogP contribution in [0.3, 0.4) is 0 Å². The van der Waals surface area contributed by atoms with Crippen molar-refractivity contribution >= 4 is 17.7 Å². The van der Waals surface area contributed by atoms with Gasteiger partial charge in [-0.05, 0) is 39.5 Å². The molecule has 94 valence electrons. The van der Waals surface area contributed by atoms with E-state index in [1.807, 2.05) is 18.8 Å². The molecule has 1 aliphatic rings. The fraction of sp³-hybridized carbons (Fsp3) is 0.917. The maximum absolute atomic E-state index is 12.1. The lowest BCUT2D eigenvalue weighted by Crippen LogP contribution is -2.46. The van der Waals surface area contributed by atoms with Crippen molar-refractivity contribution in [2.75, 3.05) is 38.7 Å². The monoisotopic (exact) mass is 244 g/mol. The largest absolute Gasteiger partial charge is 0.339 e. The van der Waals surface area contributed by atoms with Crippen LogP contribution in [0.5, 0.6) is 0 Å². The predicted molar refractivity (Wildman–Crippen MR) is 70.9 cm³/mol. The number of thioether (sulfide) groups is 1. The number of likely N-dealkylation sites (tertiary alicyclic amines) is 1. The second-order valence-corrected chi connectivity index (χ2v) is 5.65. The van der Waals surface area contributed by atoms with Crippen LogP contribution >= 0.6 is 11.8 Å². The fourth-order valence-corrected chi connectivity index (χ4v) is 2.61. The van der Waals surface area contributed by atoms with Crippen LogP contribution in [0.4, 0.5) is 0 Å². The molecule has 4 heteroatoms. The van der Waals surface area contributed by atoms with E-state index < -0.39 is 0 Å². The Morgan fingerprint density at radius 2 is 2.25 bits per heavy atom. The topological polar surface area (TPSA) is 23.6 Å². The van der Waals surface area contributed by atoms with Crippen LogP contribution in [0.25, 0.3) is 0 Å². The molecule has 0 aliphatic carbocycles. The molecule has 1 saturated heterocycles. The fourth-order valence-electron chi connectivity index (χ4n) is 2.12. The smallest absolute Gasteiger partial charge is 0.236 e. The summed E-state index contributed by atoms with van der Waals surface area (Å²) in [6, 6.07) is 0.440. The van der Waals surface area contributed by atoms with E-state index in [2.05, 4.69) is 23.0 Å². The maximum atomic E-state index is 12.1. The summed E-state index contributed by atoms with van der Waals surface area (Å²) in [5.74, 6) is 1.40. The van der Waals surface area contributed by atoms with Gasteiger partial charge in [0.15, 0.2) is 0 Å². The summed E-state index contributed by atoms with van der Waals surface area (Å²) >= 11 is 1.83. The minimum Gasteiger partial charge on any atom is -0.339 e. The van der Waals surface area contributed by atoms with Crippen molar-refractivity contribution in [3.63, 3.8) is 0 Å². The van der Waals surface area contributed by atoms with Crippen molar-refractivity contribution in [2.45, 2.75) is 32.2 Å². The molecular formula is C12H24N2OS. The molecule has 1 fully saturated rings. The van der Waals surface area contributed by atoms with E-state index in [1.165, 1.54) is 19.3 Å². The summed E-state index contributed by atoms with van der Waals surface area (Å²) in [5.41, 5.74) is 0. The standard InChI is InChI=1S/C12H24N2OS/c1-11-6-4-5-7-14(11)12(15)10-13(2)8-9-16-3/h11H,4-10H2,1-3H3/t11-/m1/s1. The van der Waals surface area contributed by atoms with Crippen LogP contribution in [-0.2, 0) is 4.79 Å². The molecule has 16 heavy (non-hydrogen) atoms. The minimum absolute atomic E-state index is 0.302. The molecule has 0 unspecified atom stereocenters. The minimum atomic E-state index is 0.302. The van der Waals surface area contributed by atoms with Crippen molar-refractivity contribution in [3.05, 3.63) is 0 Å². The lowest BCUT2D eigenvalue weighted by molar-refractivity contribution is -0.135. The molecule has 0 aromatic carbocycles. The second-order valence-electron chi connectivity index (χ2n) is 4.66. The van der Waals surface area contributed by atoms with Gasteiger partial charge in [0.2, 0.25) is 5.91 Å². The first kappa shape index (κ1) is 13.8. The van der Waals surface area contributed by atoms with Crippen molar-refractivity contribution in [2.24, 2.45) is 0 Å². The van der Waals surface area contributed by atoms with E-state index in [0.717, 1.165) is 18.8 Å². The van der Waals surface area contributed by atoms with Gasteiger partial charge >= 0.3 is 0 Å². The van der Waals surface area contributed by atoms with Crippen LogP contribution in [0.2, 0.25) is 0 Å². The van der Waals surface area contributed by atoms with Gasteiger partial charge in [0, 0.05) is 24.9 Å². The molecule has 0 bridgehead atoms. The summed E-state index contributed by atoms with van der Waals surface area (Å²) in [7, 11) is 2.03. The maximum Gasteiger partial charge on any atom is 0.236 e. The molecule has 1 aliphatic heterocycles. The van der Waals surface area contributed by atoms with Crippen LogP contribution < -0.4 is 0 Å². The number of hydrogen-bond donors (Lipinski definition) is 0. The molecule has 0 aromatic rings. The highest BCUT2D eigenvalue weighted by Gasteiger charge is 2.23. The third kappa shape index (κ3) is 4.34. The summed E-state index contributed by atoms with van der Waals surface area (Å²) in [6.45, 7) is 4.69. The Balaban J connectivity index is 2.32. The first-order chi connectivity index (χ1) is 7.65. The Hall–Kier alpha value is -0.220. The van der Waals surface area contributed by atoms with Gasteiger partial charge in [0.05, 0.1) is 6.54 Å². The van der Waals surface area contributed by atoms with Crippen molar-refractivity contribution < 1.29 is 4.79 Å². The lowest BCUT2D eigenvalue weighted by atomic mass is 10.0. The molecule has 0 saturated carbocycles. The number of likely N-dealkylation sites (N-methyl/N-ethyl adjacent to an activating group) is 1. The average molecular weight is 244 g/mol. The summed E-state index contributed by atoms with van der Waals surface area (Å²) in [4.78, 5) is 16.2. The molecule has 0 N–H and O–H groups in total. The highest BCUT2D eigenvalue weighted by molar-refractivity contribution is 7.98. The van der Waals surface area contributed by atoms with Crippen LogP contribution in [0.15, 0.2) is 0 Å². The number of hydrogen-bond acceptors (Lipinski definition) is 3. The van der Waals surface area contributed by atoms with E-state index in [9.17, 15) is 4.79 Å². The van der Waals surface area contributed by atoms with E-state index in [-0.39, 0.29) is 0 Å². The van der Waals surface area contributed by atoms with Gasteiger partial charge in [-0.15, -0.1) is 0 Å². The van der Waals surface area contributed by atoms with E-state index >= 15 is 0 Å². The third-order valence-electron chi connectivity index (χ3n) is 3.21. The number of nitrogens with zero attached hydrogens (tertiary/aromatic N) is 2. The third-order valence-corrected chi connectivity index (χ3v) is 3.80. The van der Waals surface area contributed by atoms with Crippen molar-refractivity contribution in [3.8, 4) is 0 Å². The number of carbonyl (C=O) groups excluding carboxylic acids is 1. The molecule has 0 spiro atoms. The van der Waals surface area contributed by atoms with Crippen LogP contribution in [0.1, 0.15) is 26.2 Å². The Morgan fingerprint density at radius 3 is 2.88 bits per heavy atom. The van der Waals surface area contributed by atoms with Gasteiger partial charge in [-0.1, -0.05) is 0 Å². The van der Waals surface area contributed by atoms with Gasteiger partial charge in [-0.25, -0.2) is 0 Å². The quantitative estimate of drug-likeness (QED) is 0.735. The average Bonchev–Trinajstić information content (AvgIpc) is 2.26. The summed E-state index contributed by atoms with van der Waals surface area (Å²) in [6.07, 6.45) is 5.71. The molecule has 1 atom stereocenters. The number of rotatable bonds is 5. The van der Waals surface area contributed by atoms with E-state index in [1.54, 1.807) is 0 Å². The first-order valence-corrected chi connectivity index (χ1v) is 7.51. The zero-order valence-electron chi connectivity index (χ0n) is 10.7. The zero-order valence-corrected chi connectivity index (χ0v) is 11.6. The Kier molecular flexibility index (Phi) is 6.21. The number of amides is 1. The van der Waals surface area contributed by atoms with Crippen molar-refractivity contribution in [1.29, 1.82) is 0 Å². The highest BCUT2D eigenvalue weighted by atomic mass is 32.2. The van der Waals surface area contributed by atoms with Crippen LogP contribution in [-0.4, -0.2) is 60.4 Å². The van der Waals surface area contributed by atoms with Crippen LogP contribution in [0, 0.1) is 0 Å². The van der Waals surface area contributed by atoms with Gasteiger partial charge in [-0.3, -0.25) is 9.69 Å². The second kappa shape index (κ2) is 7.17. The summed E-state index contributed by atoms with van der Waals surface area (Å²) in [5, 5.41) is 0. The summed E-state index contributed by atoms with van der Waals surface area (Å²) < 4.78 is 0. The highest BCUT2D eigenvalue weighted by Crippen LogP contribution is 2.16.